The number of ether oxygens (including phenoxy) is 1. The highest BCUT2D eigenvalue weighted by atomic mass is 32.2. The van der Waals surface area contributed by atoms with E-state index in [4.69, 9.17) is 4.74 Å². The summed E-state index contributed by atoms with van der Waals surface area (Å²) in [5.41, 5.74) is 0.421. The summed E-state index contributed by atoms with van der Waals surface area (Å²) >= 11 is 1.43. The number of esters is 1. The summed E-state index contributed by atoms with van der Waals surface area (Å²) in [6.45, 7) is 1.79. The maximum absolute atomic E-state index is 12.3. The Balaban J connectivity index is 1.97. The second-order valence-electron chi connectivity index (χ2n) is 5.51. The van der Waals surface area contributed by atoms with Crippen molar-refractivity contribution in [1.29, 1.82) is 0 Å². The SMILES string of the molecule is CCN(C(=O)COC(=O)c1ccccc1SC)[C@@H]1CCS(=O)(=O)C1. The molecule has 0 N–H and O–H groups in total. The lowest BCUT2D eigenvalue weighted by Crippen LogP contribution is -2.43. The molecule has 0 aromatic heterocycles. The molecule has 132 valence electrons. The predicted molar refractivity (Wildman–Crippen MR) is 93.0 cm³/mol. The molecule has 1 amide bonds. The van der Waals surface area contributed by atoms with Crippen LogP contribution in [0.5, 0.6) is 0 Å². The zero-order valence-electron chi connectivity index (χ0n) is 13.7. The molecule has 0 spiro atoms. The summed E-state index contributed by atoms with van der Waals surface area (Å²) in [6, 6.07) is 6.70. The van der Waals surface area contributed by atoms with Crippen molar-refractivity contribution in [3.63, 3.8) is 0 Å². The average molecular weight is 371 g/mol. The lowest BCUT2D eigenvalue weighted by atomic mass is 10.2. The van der Waals surface area contributed by atoms with E-state index >= 15 is 0 Å². The van der Waals surface area contributed by atoms with Gasteiger partial charge in [0.05, 0.1) is 17.1 Å². The molecule has 1 aromatic rings. The predicted octanol–water partition coefficient (Wildman–Crippen LogP) is 1.60. The first-order valence-corrected chi connectivity index (χ1v) is 10.7. The van der Waals surface area contributed by atoms with Gasteiger partial charge in [-0.1, -0.05) is 12.1 Å². The van der Waals surface area contributed by atoms with E-state index < -0.39 is 15.8 Å². The van der Waals surface area contributed by atoms with E-state index in [-0.39, 0.29) is 30.1 Å². The third-order valence-corrected chi connectivity index (χ3v) is 6.51. The maximum Gasteiger partial charge on any atom is 0.339 e. The molecular weight excluding hydrogens is 350 g/mol. The van der Waals surface area contributed by atoms with Crippen LogP contribution in [0.2, 0.25) is 0 Å². The summed E-state index contributed by atoms with van der Waals surface area (Å²) in [5, 5.41) is 0. The minimum atomic E-state index is -3.07. The molecule has 2 rings (SSSR count). The number of carbonyl (C=O) groups is 2. The molecule has 1 aliphatic rings. The van der Waals surface area contributed by atoms with Gasteiger partial charge in [0.2, 0.25) is 0 Å². The van der Waals surface area contributed by atoms with Crippen LogP contribution >= 0.6 is 11.8 Å². The van der Waals surface area contributed by atoms with Gasteiger partial charge in [-0.2, -0.15) is 0 Å². The average Bonchev–Trinajstić information content (AvgIpc) is 2.92. The van der Waals surface area contributed by atoms with Crippen molar-refractivity contribution in [2.45, 2.75) is 24.3 Å². The molecule has 0 saturated carbocycles. The largest absolute Gasteiger partial charge is 0.452 e. The third-order valence-electron chi connectivity index (χ3n) is 3.96. The smallest absolute Gasteiger partial charge is 0.339 e. The van der Waals surface area contributed by atoms with Crippen molar-refractivity contribution in [2.24, 2.45) is 0 Å². The van der Waals surface area contributed by atoms with Crippen molar-refractivity contribution >= 4 is 33.5 Å². The van der Waals surface area contributed by atoms with Crippen molar-refractivity contribution in [3.05, 3.63) is 29.8 Å². The number of nitrogens with zero attached hydrogens (tertiary/aromatic N) is 1. The lowest BCUT2D eigenvalue weighted by molar-refractivity contribution is -0.136. The second-order valence-corrected chi connectivity index (χ2v) is 8.59. The van der Waals surface area contributed by atoms with E-state index in [0.717, 1.165) is 4.90 Å². The Kier molecular flexibility index (Phi) is 6.28. The minimum absolute atomic E-state index is 0.0180. The number of rotatable bonds is 6. The molecule has 6 nitrogen and oxygen atoms in total. The normalized spacial score (nSPS) is 19.0. The van der Waals surface area contributed by atoms with Crippen LogP contribution in [0.15, 0.2) is 29.2 Å². The van der Waals surface area contributed by atoms with E-state index in [1.165, 1.54) is 16.7 Å². The summed E-state index contributed by atoms with van der Waals surface area (Å²) in [5.74, 6) is -0.837. The quantitative estimate of drug-likeness (QED) is 0.558. The molecule has 0 bridgehead atoms. The highest BCUT2D eigenvalue weighted by Crippen LogP contribution is 2.21. The van der Waals surface area contributed by atoms with Gasteiger partial charge in [-0.05, 0) is 31.7 Å². The van der Waals surface area contributed by atoms with Gasteiger partial charge in [-0.15, -0.1) is 11.8 Å². The molecule has 24 heavy (non-hydrogen) atoms. The van der Waals surface area contributed by atoms with Crippen molar-refractivity contribution in [3.8, 4) is 0 Å². The van der Waals surface area contributed by atoms with Crippen LogP contribution in [0.4, 0.5) is 0 Å². The van der Waals surface area contributed by atoms with Gasteiger partial charge in [-0.3, -0.25) is 4.79 Å². The first-order chi connectivity index (χ1) is 11.4. The van der Waals surface area contributed by atoms with E-state index in [1.54, 1.807) is 19.1 Å². The van der Waals surface area contributed by atoms with Crippen molar-refractivity contribution < 1.29 is 22.7 Å². The van der Waals surface area contributed by atoms with Gasteiger partial charge < -0.3 is 9.64 Å². The summed E-state index contributed by atoms with van der Waals surface area (Å²) in [7, 11) is -3.07. The number of amides is 1. The number of carbonyl (C=O) groups excluding carboxylic acids is 2. The second kappa shape index (κ2) is 8.02. The first kappa shape index (κ1) is 18.8. The molecular formula is C16H21NO5S2. The monoisotopic (exact) mass is 371 g/mol. The van der Waals surface area contributed by atoms with Gasteiger partial charge in [0.15, 0.2) is 16.4 Å². The van der Waals surface area contributed by atoms with Crippen LogP contribution < -0.4 is 0 Å². The molecule has 1 saturated heterocycles. The van der Waals surface area contributed by atoms with Crippen LogP contribution in [-0.2, 0) is 19.4 Å². The van der Waals surface area contributed by atoms with Crippen LogP contribution in [0.1, 0.15) is 23.7 Å². The standard InChI is InChI=1S/C16H21NO5S2/c1-3-17(12-8-9-24(20,21)11-12)15(18)10-22-16(19)13-6-4-5-7-14(13)23-2/h4-7,12H,3,8-11H2,1-2H3/t12-/m1/s1. The Bertz CT molecular complexity index is 717. The Morgan fingerprint density at radius 3 is 2.62 bits per heavy atom. The number of likely N-dealkylation sites (N-methyl/N-ethyl adjacent to an activating group) is 1. The molecule has 1 aromatic carbocycles. The Morgan fingerprint density at radius 1 is 1.33 bits per heavy atom. The fraction of sp³-hybridized carbons (Fsp3) is 0.500. The van der Waals surface area contributed by atoms with Crippen LogP contribution in [0.3, 0.4) is 0 Å². The molecule has 1 aliphatic heterocycles. The summed E-state index contributed by atoms with van der Waals surface area (Å²) in [6.07, 6.45) is 2.29. The number of hydrogen-bond acceptors (Lipinski definition) is 6. The molecule has 0 unspecified atom stereocenters. The van der Waals surface area contributed by atoms with Crippen LogP contribution in [-0.4, -0.2) is 62.1 Å². The first-order valence-electron chi connectivity index (χ1n) is 7.68. The molecule has 1 heterocycles. The minimum Gasteiger partial charge on any atom is -0.452 e. The van der Waals surface area contributed by atoms with E-state index in [9.17, 15) is 18.0 Å². The van der Waals surface area contributed by atoms with Gasteiger partial charge in [0, 0.05) is 17.5 Å². The molecule has 0 aliphatic carbocycles. The lowest BCUT2D eigenvalue weighted by Gasteiger charge is -2.26. The van der Waals surface area contributed by atoms with Gasteiger partial charge >= 0.3 is 5.97 Å². The highest BCUT2D eigenvalue weighted by Gasteiger charge is 2.34. The summed E-state index contributed by atoms with van der Waals surface area (Å²) in [4.78, 5) is 26.7. The van der Waals surface area contributed by atoms with Crippen molar-refractivity contribution in [2.75, 3.05) is 30.9 Å². The van der Waals surface area contributed by atoms with Gasteiger partial charge in [0.1, 0.15) is 0 Å². The molecule has 8 heteroatoms. The van der Waals surface area contributed by atoms with Crippen LogP contribution in [0, 0.1) is 0 Å². The van der Waals surface area contributed by atoms with E-state index in [2.05, 4.69) is 0 Å². The number of hydrogen-bond donors (Lipinski definition) is 0. The van der Waals surface area contributed by atoms with E-state index in [0.29, 0.717) is 18.5 Å². The number of sulfone groups is 1. The molecule has 1 fully saturated rings. The Hall–Kier alpha value is -1.54. The highest BCUT2D eigenvalue weighted by molar-refractivity contribution is 7.98. The topological polar surface area (TPSA) is 80.8 Å². The van der Waals surface area contributed by atoms with E-state index in [1.807, 2.05) is 18.4 Å². The Morgan fingerprint density at radius 2 is 2.04 bits per heavy atom. The number of thioether (sulfide) groups is 1. The third kappa shape index (κ3) is 4.51. The van der Waals surface area contributed by atoms with Gasteiger partial charge in [0.25, 0.3) is 5.91 Å². The fourth-order valence-electron chi connectivity index (χ4n) is 2.76. The van der Waals surface area contributed by atoms with Crippen molar-refractivity contribution in [1.82, 2.24) is 4.90 Å². The number of benzene rings is 1. The zero-order chi connectivity index (χ0) is 17.7. The fourth-order valence-corrected chi connectivity index (χ4v) is 5.08. The van der Waals surface area contributed by atoms with Crippen LogP contribution in [0.25, 0.3) is 0 Å². The molecule has 0 radical (unpaired) electrons. The molecule has 1 atom stereocenters. The maximum atomic E-state index is 12.3. The van der Waals surface area contributed by atoms with Gasteiger partial charge in [-0.25, -0.2) is 13.2 Å². The Labute approximate surface area is 146 Å². The zero-order valence-corrected chi connectivity index (χ0v) is 15.4. The summed E-state index contributed by atoms with van der Waals surface area (Å²) < 4.78 is 28.3.